The molecule has 0 aliphatic heterocycles. The molecule has 0 saturated heterocycles. The maximum Gasteiger partial charge on any atom is 0.248 e. The van der Waals surface area contributed by atoms with E-state index in [2.05, 4.69) is 57.6 Å². The molecule has 4 nitrogen and oxygen atoms in total. The number of nitrogens with one attached hydrogen (secondary N) is 1. The van der Waals surface area contributed by atoms with Gasteiger partial charge in [0.05, 0.1) is 5.52 Å². The number of nitrogens with zero attached hydrogens (tertiary/aromatic N) is 2. The quantitative estimate of drug-likeness (QED) is 0.367. The highest BCUT2D eigenvalue weighted by molar-refractivity contribution is 6.14. The van der Waals surface area contributed by atoms with Crippen LogP contribution in [0.15, 0.2) is 101 Å². The molecule has 0 bridgehead atoms. The fourth-order valence-electron chi connectivity index (χ4n) is 4.03. The summed E-state index contributed by atoms with van der Waals surface area (Å²) in [6.07, 6.45) is 0. The number of hydrogen-bond acceptors (Lipinski definition) is 3. The van der Waals surface area contributed by atoms with Crippen molar-refractivity contribution in [3.63, 3.8) is 0 Å². The average Bonchev–Trinajstić information content (AvgIpc) is 3.45. The lowest BCUT2D eigenvalue weighted by atomic mass is 9.96. The lowest BCUT2D eigenvalue weighted by molar-refractivity contribution is 0.585. The standard InChI is InChI=1S/C26H17N3O/c1-3-9-17(10-4-1)23-21(26-29-28-25(30-26)18-11-5-2-6-12-18)16-15-20-19-13-7-8-14-22(19)27-24(20)23/h1-16,27H. The lowest BCUT2D eigenvalue weighted by Crippen LogP contribution is -1.88. The summed E-state index contributed by atoms with van der Waals surface area (Å²) in [5.74, 6) is 1.02. The van der Waals surface area contributed by atoms with Crippen molar-refractivity contribution in [3.8, 4) is 34.0 Å². The third-order valence-electron chi connectivity index (χ3n) is 5.42. The predicted octanol–water partition coefficient (Wildman–Crippen LogP) is 6.71. The molecule has 0 radical (unpaired) electrons. The van der Waals surface area contributed by atoms with Gasteiger partial charge in [-0.3, -0.25) is 0 Å². The van der Waals surface area contributed by atoms with Crippen molar-refractivity contribution in [1.82, 2.24) is 15.2 Å². The van der Waals surface area contributed by atoms with Gasteiger partial charge in [-0.2, -0.15) is 0 Å². The molecule has 6 aromatic rings. The summed E-state index contributed by atoms with van der Waals surface area (Å²) in [4.78, 5) is 3.60. The monoisotopic (exact) mass is 387 g/mol. The molecular weight excluding hydrogens is 370 g/mol. The highest BCUT2D eigenvalue weighted by Gasteiger charge is 2.19. The number of H-pyrrole nitrogens is 1. The van der Waals surface area contributed by atoms with Crippen LogP contribution in [0.2, 0.25) is 0 Å². The van der Waals surface area contributed by atoms with Crippen LogP contribution >= 0.6 is 0 Å². The minimum atomic E-state index is 0.508. The van der Waals surface area contributed by atoms with E-state index in [1.165, 1.54) is 10.8 Å². The van der Waals surface area contributed by atoms with Crippen molar-refractivity contribution in [1.29, 1.82) is 0 Å². The first-order valence-electron chi connectivity index (χ1n) is 9.86. The van der Waals surface area contributed by atoms with E-state index in [1.54, 1.807) is 0 Å². The maximum atomic E-state index is 6.10. The second-order valence-corrected chi connectivity index (χ2v) is 7.23. The molecule has 0 fully saturated rings. The molecule has 0 aliphatic rings. The fourth-order valence-corrected chi connectivity index (χ4v) is 4.03. The molecule has 4 aromatic carbocycles. The Morgan fingerprint density at radius 1 is 0.567 bits per heavy atom. The largest absolute Gasteiger partial charge is 0.416 e. The van der Waals surface area contributed by atoms with Crippen LogP contribution < -0.4 is 0 Å². The average molecular weight is 387 g/mol. The van der Waals surface area contributed by atoms with Crippen LogP contribution in [0.5, 0.6) is 0 Å². The van der Waals surface area contributed by atoms with Gasteiger partial charge in [0.1, 0.15) is 0 Å². The van der Waals surface area contributed by atoms with Gasteiger partial charge < -0.3 is 9.40 Å². The number of fused-ring (bicyclic) bond motifs is 3. The molecule has 2 aromatic heterocycles. The SMILES string of the molecule is c1ccc(-c2nnc(-c3ccc4c([nH]c5ccccc54)c3-c3ccccc3)o2)cc1. The Kier molecular flexibility index (Phi) is 3.74. The molecule has 142 valence electrons. The normalized spacial score (nSPS) is 11.3. The molecule has 0 saturated carbocycles. The van der Waals surface area contributed by atoms with Crippen LogP contribution in [0.25, 0.3) is 55.8 Å². The summed E-state index contributed by atoms with van der Waals surface area (Å²) in [5.41, 5.74) is 6.16. The zero-order valence-corrected chi connectivity index (χ0v) is 16.0. The van der Waals surface area contributed by atoms with Gasteiger partial charge in [-0.05, 0) is 29.8 Å². The van der Waals surface area contributed by atoms with Crippen molar-refractivity contribution in [2.75, 3.05) is 0 Å². The molecule has 30 heavy (non-hydrogen) atoms. The van der Waals surface area contributed by atoms with E-state index in [-0.39, 0.29) is 0 Å². The topological polar surface area (TPSA) is 54.7 Å². The van der Waals surface area contributed by atoms with Gasteiger partial charge in [-0.25, -0.2) is 0 Å². The maximum absolute atomic E-state index is 6.10. The van der Waals surface area contributed by atoms with Gasteiger partial charge in [0.25, 0.3) is 0 Å². The van der Waals surface area contributed by atoms with Crippen LogP contribution in [0.4, 0.5) is 0 Å². The highest BCUT2D eigenvalue weighted by atomic mass is 16.4. The number of para-hydroxylation sites is 1. The molecule has 0 unspecified atom stereocenters. The Morgan fingerprint density at radius 3 is 2.03 bits per heavy atom. The Labute approximate surface area is 172 Å². The van der Waals surface area contributed by atoms with Gasteiger partial charge in [-0.15, -0.1) is 10.2 Å². The van der Waals surface area contributed by atoms with Gasteiger partial charge in [0.15, 0.2) is 0 Å². The zero-order valence-electron chi connectivity index (χ0n) is 16.0. The Bertz CT molecular complexity index is 1480. The van der Waals surface area contributed by atoms with Crippen molar-refractivity contribution in [2.45, 2.75) is 0 Å². The van der Waals surface area contributed by atoms with E-state index in [4.69, 9.17) is 4.42 Å². The molecule has 1 N–H and O–H groups in total. The minimum absolute atomic E-state index is 0.508. The molecule has 4 heteroatoms. The van der Waals surface area contributed by atoms with Crippen LogP contribution in [0.1, 0.15) is 0 Å². The fraction of sp³-hybridized carbons (Fsp3) is 0. The van der Waals surface area contributed by atoms with E-state index < -0.39 is 0 Å². The first kappa shape index (κ1) is 16.7. The summed E-state index contributed by atoms with van der Waals surface area (Å²) >= 11 is 0. The van der Waals surface area contributed by atoms with Crippen molar-refractivity contribution in [2.24, 2.45) is 0 Å². The van der Waals surface area contributed by atoms with E-state index in [0.29, 0.717) is 11.8 Å². The van der Waals surface area contributed by atoms with Crippen molar-refractivity contribution < 1.29 is 4.42 Å². The summed E-state index contributed by atoms with van der Waals surface area (Å²) in [6.45, 7) is 0. The van der Waals surface area contributed by atoms with Gasteiger partial charge in [-0.1, -0.05) is 72.8 Å². The number of aromatic nitrogens is 3. The minimum Gasteiger partial charge on any atom is -0.416 e. The van der Waals surface area contributed by atoms with Gasteiger partial charge in [0.2, 0.25) is 11.8 Å². The van der Waals surface area contributed by atoms with Gasteiger partial charge >= 0.3 is 0 Å². The number of aromatic amines is 1. The summed E-state index contributed by atoms with van der Waals surface area (Å²) in [6, 6.07) is 32.7. The van der Waals surface area contributed by atoms with E-state index in [0.717, 1.165) is 33.3 Å². The van der Waals surface area contributed by atoms with Crippen molar-refractivity contribution >= 4 is 21.8 Å². The molecular formula is C26H17N3O. The highest BCUT2D eigenvalue weighted by Crippen LogP contribution is 2.40. The second kappa shape index (κ2) is 6.71. The first-order chi connectivity index (χ1) is 14.9. The third-order valence-corrected chi connectivity index (χ3v) is 5.42. The second-order valence-electron chi connectivity index (χ2n) is 7.23. The molecule has 2 heterocycles. The first-order valence-corrected chi connectivity index (χ1v) is 9.86. The molecule has 0 atom stereocenters. The Hall–Kier alpha value is -4.18. The Balaban J connectivity index is 1.63. The van der Waals surface area contributed by atoms with Crippen LogP contribution in [-0.4, -0.2) is 15.2 Å². The molecule has 6 rings (SSSR count). The van der Waals surface area contributed by atoms with Crippen LogP contribution in [0.3, 0.4) is 0 Å². The van der Waals surface area contributed by atoms with E-state index >= 15 is 0 Å². The lowest BCUT2D eigenvalue weighted by Gasteiger charge is -2.09. The van der Waals surface area contributed by atoms with E-state index in [1.807, 2.05) is 54.6 Å². The third kappa shape index (κ3) is 2.62. The van der Waals surface area contributed by atoms with Gasteiger partial charge in [0, 0.05) is 33.0 Å². The number of hydrogen-bond donors (Lipinski definition) is 1. The number of rotatable bonds is 3. The molecule has 0 amide bonds. The summed E-state index contributed by atoms with van der Waals surface area (Å²) in [7, 11) is 0. The van der Waals surface area contributed by atoms with Crippen molar-refractivity contribution in [3.05, 3.63) is 97.1 Å². The summed E-state index contributed by atoms with van der Waals surface area (Å²) in [5, 5.41) is 11.1. The molecule has 0 aliphatic carbocycles. The Morgan fingerprint density at radius 2 is 1.23 bits per heavy atom. The number of benzene rings is 4. The van der Waals surface area contributed by atoms with Crippen LogP contribution in [0, 0.1) is 0 Å². The predicted molar refractivity (Wildman–Crippen MR) is 120 cm³/mol. The zero-order chi connectivity index (χ0) is 19.9. The van der Waals surface area contributed by atoms with Crippen LogP contribution in [-0.2, 0) is 0 Å². The van der Waals surface area contributed by atoms with E-state index in [9.17, 15) is 0 Å². The summed E-state index contributed by atoms with van der Waals surface area (Å²) < 4.78 is 6.10. The smallest absolute Gasteiger partial charge is 0.248 e. The molecule has 0 spiro atoms.